The number of ketones is 1. The van der Waals surface area contributed by atoms with Crippen LogP contribution in [0.5, 0.6) is 0 Å². The highest BCUT2D eigenvalue weighted by Crippen LogP contribution is 2.33. The molecule has 5 aromatic heterocycles. The van der Waals surface area contributed by atoms with Gasteiger partial charge in [-0.15, -0.1) is 20.5 Å². The molecule has 0 unspecified atom stereocenters. The zero-order valence-corrected chi connectivity index (χ0v) is 24.1. The zero-order chi connectivity index (χ0) is 31.7. The van der Waals surface area contributed by atoms with Gasteiger partial charge in [-0.25, -0.2) is 14.8 Å². The van der Waals surface area contributed by atoms with Gasteiger partial charge < -0.3 is 21.3 Å². The van der Waals surface area contributed by atoms with Crippen molar-refractivity contribution in [3.63, 3.8) is 0 Å². The first kappa shape index (κ1) is 29.3. The quantitative estimate of drug-likeness (QED) is 0.124. The number of carbonyl (C=O) groups excluding carboxylic acids is 2. The molecule has 5 aromatic rings. The predicted octanol–water partition coefficient (Wildman–Crippen LogP) is 1.89. The summed E-state index contributed by atoms with van der Waals surface area (Å²) in [6.07, 6.45) is 4.17. The Balaban J connectivity index is 1.46. The van der Waals surface area contributed by atoms with Gasteiger partial charge in [0.1, 0.15) is 18.5 Å². The van der Waals surface area contributed by atoms with Crippen LogP contribution in [0.4, 0.5) is 34.6 Å². The average molecular weight is 603 g/mol. The minimum Gasteiger partial charge on any atom is -0.465 e. The van der Waals surface area contributed by atoms with Crippen LogP contribution in [0.15, 0.2) is 45.2 Å². The second-order valence-electron chi connectivity index (χ2n) is 9.25. The molecule has 5 heterocycles. The Morgan fingerprint density at radius 1 is 0.818 bits per heavy atom. The molecule has 0 amide bonds. The van der Waals surface area contributed by atoms with E-state index in [2.05, 4.69) is 50.8 Å². The maximum absolute atomic E-state index is 12.0. The average Bonchev–Trinajstić information content (AvgIpc) is 3.73. The predicted molar refractivity (Wildman–Crippen MR) is 152 cm³/mol. The van der Waals surface area contributed by atoms with E-state index in [0.29, 0.717) is 11.4 Å². The molecule has 20 nitrogen and oxygen atoms in total. The highest BCUT2D eigenvalue weighted by molar-refractivity contribution is 6.00. The number of Topliss-reactive ketones (excluding diaryl/α,β-unsaturated/α-hetero) is 1. The largest absolute Gasteiger partial charge is 0.465 e. The first-order valence-corrected chi connectivity index (χ1v) is 12.7. The van der Waals surface area contributed by atoms with Gasteiger partial charge in [0.15, 0.2) is 40.4 Å². The number of methoxy groups -OCH3 is 1. The Kier molecular flexibility index (Phi) is 7.73. The van der Waals surface area contributed by atoms with Crippen LogP contribution >= 0.6 is 0 Å². The van der Waals surface area contributed by atoms with E-state index in [4.69, 9.17) is 16.2 Å². The number of aryl methyl sites for hydroxylation is 4. The Hall–Kier alpha value is -6.18. The Bertz CT molecular complexity index is 1820. The lowest BCUT2D eigenvalue weighted by molar-refractivity contribution is 0.0601. The van der Waals surface area contributed by atoms with E-state index in [1.165, 1.54) is 44.6 Å². The van der Waals surface area contributed by atoms with E-state index in [0.717, 1.165) is 0 Å². The van der Waals surface area contributed by atoms with Gasteiger partial charge in [0.25, 0.3) is 0 Å². The summed E-state index contributed by atoms with van der Waals surface area (Å²) in [7, 11) is 4.49. The van der Waals surface area contributed by atoms with Gasteiger partial charge in [-0.2, -0.15) is 29.8 Å². The molecule has 0 atom stereocenters. The van der Waals surface area contributed by atoms with Crippen molar-refractivity contribution in [2.75, 3.05) is 25.2 Å². The molecule has 20 heteroatoms. The van der Waals surface area contributed by atoms with Crippen molar-refractivity contribution >= 4 is 46.4 Å². The number of hydrogen-bond acceptors (Lipinski definition) is 16. The normalized spacial score (nSPS) is 11.7. The first-order valence-electron chi connectivity index (χ1n) is 12.7. The molecule has 0 fully saturated rings. The minimum absolute atomic E-state index is 0.0180. The van der Waals surface area contributed by atoms with Crippen molar-refractivity contribution in [1.82, 2.24) is 49.1 Å². The highest BCUT2D eigenvalue weighted by atomic mass is 16.5. The van der Waals surface area contributed by atoms with E-state index in [1.807, 2.05) is 0 Å². The molecular formula is C24H26N16O4. The molecule has 0 aromatic carbocycles. The summed E-state index contributed by atoms with van der Waals surface area (Å²) < 4.78 is 10.2. The third-order valence-corrected chi connectivity index (χ3v) is 6.16. The summed E-state index contributed by atoms with van der Waals surface area (Å²) in [4.78, 5) is 32.6. The van der Waals surface area contributed by atoms with E-state index < -0.39 is 18.4 Å². The summed E-state index contributed by atoms with van der Waals surface area (Å²) in [6.45, 7) is 2.64. The minimum atomic E-state index is -0.700. The number of ether oxygens (including phenoxy) is 1. The highest BCUT2D eigenvalue weighted by Gasteiger charge is 2.21. The molecule has 0 saturated heterocycles. The van der Waals surface area contributed by atoms with Gasteiger partial charge in [-0.05, 0) is 13.8 Å². The number of rotatable bonds is 9. The van der Waals surface area contributed by atoms with Crippen LogP contribution in [0.2, 0.25) is 0 Å². The van der Waals surface area contributed by atoms with Crippen LogP contribution in [-0.2, 0) is 18.8 Å². The second kappa shape index (κ2) is 11.6. The molecule has 226 valence electrons. The summed E-state index contributed by atoms with van der Waals surface area (Å²) in [5.41, 5.74) is 14.2. The second-order valence-corrected chi connectivity index (χ2v) is 9.25. The Morgan fingerprint density at radius 3 is 1.77 bits per heavy atom. The maximum atomic E-state index is 12.0. The summed E-state index contributed by atoms with van der Waals surface area (Å²) in [6, 6.07) is 1.54. The standard InChI is InChI=1S/C24H26N16O4/c1-11-18(29-31-22-13(15(42)9-41)7-37(3)35-22)20(25)39(33-11)16-6-17(28-10-27-16)40-21(26)19(12(2)34-40)30-32-23-14(24(43)44-5)8-38(4)36-23/h6-8,10,41H,9,25-26H2,1-5H3. The van der Waals surface area contributed by atoms with Crippen LogP contribution < -0.4 is 11.5 Å². The lowest BCUT2D eigenvalue weighted by Gasteiger charge is -2.06. The molecule has 44 heavy (non-hydrogen) atoms. The first-order chi connectivity index (χ1) is 21.0. The van der Waals surface area contributed by atoms with Gasteiger partial charge in [-0.1, -0.05) is 0 Å². The molecule has 5 rings (SSSR count). The summed E-state index contributed by atoms with van der Waals surface area (Å²) >= 11 is 0. The van der Waals surface area contributed by atoms with E-state index in [1.54, 1.807) is 34.0 Å². The fourth-order valence-electron chi connectivity index (χ4n) is 4.07. The van der Waals surface area contributed by atoms with Crippen LogP contribution in [0.25, 0.3) is 11.6 Å². The van der Waals surface area contributed by atoms with Gasteiger partial charge in [0.2, 0.25) is 11.6 Å². The zero-order valence-electron chi connectivity index (χ0n) is 24.1. The summed E-state index contributed by atoms with van der Waals surface area (Å²) in [5.74, 6) is -0.374. The molecule has 0 spiro atoms. The van der Waals surface area contributed by atoms with Gasteiger partial charge in [-0.3, -0.25) is 14.2 Å². The van der Waals surface area contributed by atoms with Crippen LogP contribution in [0.3, 0.4) is 0 Å². The lowest BCUT2D eigenvalue weighted by atomic mass is 10.2. The molecule has 5 N–H and O–H groups in total. The third-order valence-electron chi connectivity index (χ3n) is 6.16. The van der Waals surface area contributed by atoms with Crippen molar-refractivity contribution in [1.29, 1.82) is 0 Å². The fraction of sp³-hybridized carbons (Fsp3) is 0.250. The number of carbonyl (C=O) groups is 2. The third kappa shape index (κ3) is 5.38. The van der Waals surface area contributed by atoms with E-state index >= 15 is 0 Å². The number of esters is 1. The number of nitrogens with zero attached hydrogens (tertiary/aromatic N) is 14. The fourth-order valence-corrected chi connectivity index (χ4v) is 4.07. The Morgan fingerprint density at radius 2 is 1.30 bits per heavy atom. The Labute approximate surface area is 247 Å². The molecule has 0 saturated carbocycles. The van der Waals surface area contributed by atoms with Crippen molar-refractivity contribution < 1.29 is 19.4 Å². The number of azo groups is 2. The maximum Gasteiger partial charge on any atom is 0.343 e. The number of aromatic nitrogens is 10. The topological polar surface area (TPSA) is 262 Å². The smallest absolute Gasteiger partial charge is 0.343 e. The number of nitrogens with two attached hydrogens (primary N) is 2. The van der Waals surface area contributed by atoms with E-state index in [9.17, 15) is 14.7 Å². The SMILES string of the molecule is COC(=O)c1cn(C)nc1N=Nc1c(C)nn(-c2cc(-n3nc(C)c(N=Nc4nn(C)cc4C(=O)CO)c3N)ncn2)c1N. The van der Waals surface area contributed by atoms with Crippen molar-refractivity contribution in [2.24, 2.45) is 34.6 Å². The molecule has 0 radical (unpaired) electrons. The number of anilines is 2. The van der Waals surface area contributed by atoms with Crippen molar-refractivity contribution in [3.8, 4) is 11.6 Å². The molecule has 0 aliphatic heterocycles. The van der Waals surface area contributed by atoms with Crippen LogP contribution in [0, 0.1) is 13.8 Å². The number of aliphatic hydroxyl groups excluding tert-OH is 1. The van der Waals surface area contributed by atoms with Gasteiger partial charge in [0.05, 0.1) is 24.1 Å². The number of hydrogen-bond donors (Lipinski definition) is 3. The number of aliphatic hydroxyl groups is 1. The van der Waals surface area contributed by atoms with E-state index in [-0.39, 0.29) is 57.4 Å². The van der Waals surface area contributed by atoms with Gasteiger partial charge in [0, 0.05) is 32.6 Å². The van der Waals surface area contributed by atoms with Crippen LogP contribution in [0.1, 0.15) is 32.1 Å². The molecule has 0 aliphatic carbocycles. The summed E-state index contributed by atoms with van der Waals surface area (Å²) in [5, 5.41) is 42.8. The van der Waals surface area contributed by atoms with Crippen molar-refractivity contribution in [2.45, 2.75) is 13.8 Å². The molecular weight excluding hydrogens is 576 g/mol. The number of nitrogen functional groups attached to an aromatic ring is 2. The molecule has 0 bridgehead atoms. The monoisotopic (exact) mass is 602 g/mol. The van der Waals surface area contributed by atoms with Crippen LogP contribution in [-0.4, -0.2) is 79.7 Å². The lowest BCUT2D eigenvalue weighted by Crippen LogP contribution is -2.09. The molecule has 0 aliphatic rings. The van der Waals surface area contributed by atoms with Gasteiger partial charge >= 0.3 is 5.97 Å². The van der Waals surface area contributed by atoms with Crippen molar-refractivity contribution in [3.05, 3.63) is 47.3 Å².